The predicted molar refractivity (Wildman–Crippen MR) is 66.8 cm³/mol. The second kappa shape index (κ2) is 6.45. The molecule has 0 fully saturated rings. The van der Waals surface area contributed by atoms with Crippen LogP contribution in [0.2, 0.25) is 0 Å². The monoisotopic (exact) mass is 312 g/mol. The number of alkyl halides is 3. The van der Waals surface area contributed by atoms with Gasteiger partial charge in [0, 0.05) is 0 Å². The first kappa shape index (κ1) is 16.8. The molecular weight excluding hydrogens is 297 g/mol. The molecule has 0 aromatic heterocycles. The van der Waals surface area contributed by atoms with E-state index in [0.29, 0.717) is 12.2 Å². The molecule has 0 spiro atoms. The molecule has 1 aromatic carbocycles. The Morgan fingerprint density at radius 2 is 1.75 bits per heavy atom. The van der Waals surface area contributed by atoms with Crippen molar-refractivity contribution in [2.24, 2.45) is 0 Å². The van der Waals surface area contributed by atoms with Crippen molar-refractivity contribution < 1.29 is 30.5 Å². The predicted octanol–water partition coefficient (Wildman–Crippen LogP) is 2.88. The highest BCUT2D eigenvalue weighted by atomic mass is 32.2. The first-order chi connectivity index (χ1) is 9.15. The van der Waals surface area contributed by atoms with E-state index in [-0.39, 0.29) is 6.42 Å². The molecule has 0 N–H and O–H groups in total. The van der Waals surface area contributed by atoms with E-state index in [1.54, 1.807) is 24.3 Å². The third kappa shape index (κ3) is 4.68. The molecule has 0 aliphatic rings. The van der Waals surface area contributed by atoms with Crippen molar-refractivity contribution in [3.05, 3.63) is 29.8 Å². The Morgan fingerprint density at radius 3 is 2.20 bits per heavy atom. The number of methoxy groups -OCH3 is 1. The molecule has 0 amide bonds. The number of benzene rings is 1. The Hall–Kier alpha value is -1.28. The summed E-state index contributed by atoms with van der Waals surface area (Å²) in [6.45, 7) is 1.28. The maximum absolute atomic E-state index is 12.1. The first-order valence-corrected chi connectivity index (χ1v) is 7.19. The van der Waals surface area contributed by atoms with E-state index in [1.807, 2.05) is 0 Å². The second-order valence-electron chi connectivity index (χ2n) is 4.19. The van der Waals surface area contributed by atoms with E-state index in [0.717, 1.165) is 5.56 Å². The quantitative estimate of drug-likeness (QED) is 0.599. The van der Waals surface area contributed by atoms with Gasteiger partial charge in [-0.05, 0) is 37.5 Å². The smallest absolute Gasteiger partial charge is 0.497 e. The van der Waals surface area contributed by atoms with Gasteiger partial charge in [-0.25, -0.2) is 0 Å². The van der Waals surface area contributed by atoms with Crippen LogP contribution in [0.1, 0.15) is 18.9 Å². The summed E-state index contributed by atoms with van der Waals surface area (Å²) in [7, 11) is -4.01. The molecule has 0 aliphatic heterocycles. The molecule has 0 saturated heterocycles. The van der Waals surface area contributed by atoms with Gasteiger partial charge in [-0.3, -0.25) is 4.18 Å². The zero-order valence-corrected chi connectivity index (χ0v) is 11.8. The van der Waals surface area contributed by atoms with E-state index in [1.165, 1.54) is 14.0 Å². The van der Waals surface area contributed by atoms with Crippen molar-refractivity contribution in [2.75, 3.05) is 7.11 Å². The van der Waals surface area contributed by atoms with Crippen molar-refractivity contribution >= 4 is 10.1 Å². The van der Waals surface area contributed by atoms with Gasteiger partial charge in [-0.1, -0.05) is 12.1 Å². The van der Waals surface area contributed by atoms with Gasteiger partial charge in [0.25, 0.3) is 0 Å². The Morgan fingerprint density at radius 1 is 1.20 bits per heavy atom. The first-order valence-electron chi connectivity index (χ1n) is 5.78. The standard InChI is InChI=1S/C12H15F3O4S/c1-9(19-20(16,17)12(13,14)15)3-4-10-5-7-11(18-2)8-6-10/h5-9H,3-4H2,1-2H3. The zero-order valence-electron chi connectivity index (χ0n) is 11.0. The van der Waals surface area contributed by atoms with E-state index in [2.05, 4.69) is 4.18 Å². The van der Waals surface area contributed by atoms with Crippen LogP contribution in [0.25, 0.3) is 0 Å². The molecule has 1 aromatic rings. The average molecular weight is 312 g/mol. The minimum absolute atomic E-state index is 0.154. The topological polar surface area (TPSA) is 52.6 Å². The van der Waals surface area contributed by atoms with Crippen LogP contribution < -0.4 is 4.74 Å². The number of aryl methyl sites for hydroxylation is 1. The fourth-order valence-electron chi connectivity index (χ4n) is 1.48. The molecule has 1 rings (SSSR count). The zero-order chi connectivity index (χ0) is 15.4. The van der Waals surface area contributed by atoms with Crippen molar-refractivity contribution in [1.29, 1.82) is 0 Å². The van der Waals surface area contributed by atoms with Gasteiger partial charge in [-0.15, -0.1) is 0 Å². The summed E-state index contributed by atoms with van der Waals surface area (Å²) in [6, 6.07) is 6.94. The number of hydrogen-bond donors (Lipinski definition) is 0. The highest BCUT2D eigenvalue weighted by Crippen LogP contribution is 2.26. The molecule has 0 saturated carbocycles. The van der Waals surface area contributed by atoms with Crippen LogP contribution in [0, 0.1) is 0 Å². The highest BCUT2D eigenvalue weighted by molar-refractivity contribution is 7.87. The van der Waals surface area contributed by atoms with Crippen molar-refractivity contribution in [1.82, 2.24) is 0 Å². The van der Waals surface area contributed by atoms with Crippen LogP contribution in [-0.2, 0) is 20.7 Å². The van der Waals surface area contributed by atoms with Crippen LogP contribution >= 0.6 is 0 Å². The highest BCUT2D eigenvalue weighted by Gasteiger charge is 2.48. The van der Waals surface area contributed by atoms with Crippen LogP contribution in [0.3, 0.4) is 0 Å². The largest absolute Gasteiger partial charge is 0.523 e. The molecule has 4 nitrogen and oxygen atoms in total. The minimum Gasteiger partial charge on any atom is -0.497 e. The molecular formula is C12H15F3O4S. The van der Waals surface area contributed by atoms with Crippen molar-refractivity contribution in [3.63, 3.8) is 0 Å². The van der Waals surface area contributed by atoms with Crippen LogP contribution in [-0.4, -0.2) is 27.1 Å². The lowest BCUT2D eigenvalue weighted by Crippen LogP contribution is -2.29. The molecule has 8 heteroatoms. The molecule has 0 radical (unpaired) electrons. The summed E-state index contributed by atoms with van der Waals surface area (Å²) in [6.07, 6.45) is -0.496. The average Bonchev–Trinajstić information content (AvgIpc) is 2.35. The number of rotatable bonds is 6. The lowest BCUT2D eigenvalue weighted by atomic mass is 10.1. The maximum atomic E-state index is 12.1. The van der Waals surface area contributed by atoms with Gasteiger partial charge < -0.3 is 4.74 Å². The second-order valence-corrected chi connectivity index (χ2v) is 5.76. The molecule has 0 heterocycles. The Bertz CT molecular complexity index is 523. The molecule has 20 heavy (non-hydrogen) atoms. The van der Waals surface area contributed by atoms with Gasteiger partial charge in [0.15, 0.2) is 0 Å². The maximum Gasteiger partial charge on any atom is 0.523 e. The third-order valence-electron chi connectivity index (χ3n) is 2.57. The summed E-state index contributed by atoms with van der Waals surface area (Å²) in [5, 5.41) is 0. The SMILES string of the molecule is COc1ccc(CCC(C)OS(=O)(=O)C(F)(F)F)cc1. The number of ether oxygens (including phenoxy) is 1. The van der Waals surface area contributed by atoms with Crippen LogP contribution in [0.5, 0.6) is 5.75 Å². The fraction of sp³-hybridized carbons (Fsp3) is 0.500. The summed E-state index contributed by atoms with van der Waals surface area (Å²) >= 11 is 0. The summed E-state index contributed by atoms with van der Waals surface area (Å²) < 4.78 is 67.0. The van der Waals surface area contributed by atoms with Gasteiger partial charge in [0.2, 0.25) is 0 Å². The van der Waals surface area contributed by atoms with Crippen molar-refractivity contribution in [3.8, 4) is 5.75 Å². The normalized spacial score (nSPS) is 14.1. The van der Waals surface area contributed by atoms with Gasteiger partial charge in [0.05, 0.1) is 13.2 Å². The Balaban J connectivity index is 2.53. The molecule has 1 unspecified atom stereocenters. The van der Waals surface area contributed by atoms with Crippen LogP contribution in [0.15, 0.2) is 24.3 Å². The van der Waals surface area contributed by atoms with E-state index in [4.69, 9.17) is 4.74 Å². The Kier molecular flexibility index (Phi) is 5.41. The molecule has 0 aliphatic carbocycles. The third-order valence-corrected chi connectivity index (χ3v) is 3.72. The fourth-order valence-corrected chi connectivity index (χ4v) is 2.12. The summed E-state index contributed by atoms with van der Waals surface area (Å²) in [4.78, 5) is 0. The molecule has 114 valence electrons. The number of hydrogen-bond acceptors (Lipinski definition) is 4. The van der Waals surface area contributed by atoms with Crippen LogP contribution in [0.4, 0.5) is 13.2 Å². The van der Waals surface area contributed by atoms with E-state index >= 15 is 0 Å². The molecule has 0 bridgehead atoms. The van der Waals surface area contributed by atoms with Gasteiger partial charge >= 0.3 is 15.6 Å². The lowest BCUT2D eigenvalue weighted by Gasteiger charge is -2.14. The van der Waals surface area contributed by atoms with Crippen molar-refractivity contribution in [2.45, 2.75) is 31.4 Å². The van der Waals surface area contributed by atoms with Gasteiger partial charge in [-0.2, -0.15) is 21.6 Å². The number of halogens is 3. The summed E-state index contributed by atoms with van der Waals surface area (Å²) in [5.74, 6) is 0.665. The minimum atomic E-state index is -5.53. The van der Waals surface area contributed by atoms with Gasteiger partial charge in [0.1, 0.15) is 5.75 Å². The van der Waals surface area contributed by atoms with E-state index in [9.17, 15) is 21.6 Å². The Labute approximate surface area is 115 Å². The van der Waals surface area contributed by atoms with E-state index < -0.39 is 21.7 Å². The summed E-state index contributed by atoms with van der Waals surface area (Å²) in [5.41, 5.74) is -4.54. The lowest BCUT2D eigenvalue weighted by molar-refractivity contribution is -0.0570. The molecule has 1 atom stereocenters.